The van der Waals surface area contributed by atoms with Crippen LogP contribution in [0.2, 0.25) is 0 Å². The van der Waals surface area contributed by atoms with E-state index in [2.05, 4.69) is 28.5 Å². The minimum absolute atomic E-state index is 0.293. The first-order valence-corrected chi connectivity index (χ1v) is 9.31. The molecular weight excluding hydrogens is 290 g/mol. The van der Waals surface area contributed by atoms with Crippen LogP contribution in [0.5, 0.6) is 0 Å². The van der Waals surface area contributed by atoms with Crippen molar-refractivity contribution < 1.29 is 9.53 Å². The van der Waals surface area contributed by atoms with Gasteiger partial charge in [0.05, 0.1) is 19.3 Å². The Balaban J connectivity index is 1.57. The monoisotopic (exact) mass is 325 g/mol. The lowest BCUT2D eigenvalue weighted by atomic mass is 9.96. The normalized spacial score (nSPS) is 22.8. The van der Waals surface area contributed by atoms with Crippen molar-refractivity contribution in [2.45, 2.75) is 39.7 Å². The van der Waals surface area contributed by atoms with Gasteiger partial charge in [0, 0.05) is 39.3 Å². The van der Waals surface area contributed by atoms with Gasteiger partial charge in [-0.25, -0.2) is 0 Å². The molecule has 0 amide bonds. The fourth-order valence-corrected chi connectivity index (χ4v) is 3.62. The molecule has 2 aliphatic rings. The van der Waals surface area contributed by atoms with Crippen molar-refractivity contribution in [2.75, 3.05) is 65.5 Å². The van der Waals surface area contributed by atoms with Gasteiger partial charge in [-0.2, -0.15) is 0 Å². The van der Waals surface area contributed by atoms with Gasteiger partial charge in [0.1, 0.15) is 5.78 Å². The van der Waals surface area contributed by atoms with Crippen LogP contribution in [0, 0.1) is 5.92 Å². The van der Waals surface area contributed by atoms with E-state index in [1.165, 1.54) is 45.6 Å². The SMILES string of the molecule is CC(=O)CN1CCC(CN2CCN(CCOC(C)C)CC2)CC1. The van der Waals surface area contributed by atoms with E-state index in [0.29, 0.717) is 18.4 Å². The van der Waals surface area contributed by atoms with E-state index in [0.717, 1.165) is 32.2 Å². The fourth-order valence-electron chi connectivity index (χ4n) is 3.62. The molecule has 0 aromatic rings. The van der Waals surface area contributed by atoms with Crippen molar-refractivity contribution >= 4 is 5.78 Å². The first kappa shape index (κ1) is 18.8. The quantitative estimate of drug-likeness (QED) is 0.673. The Hall–Kier alpha value is -0.490. The number of Topliss-reactive ketones (excluding diaryl/α,β-unsaturated/α-hetero) is 1. The molecule has 2 aliphatic heterocycles. The molecule has 0 atom stereocenters. The smallest absolute Gasteiger partial charge is 0.143 e. The van der Waals surface area contributed by atoms with E-state index in [-0.39, 0.29) is 0 Å². The van der Waals surface area contributed by atoms with Crippen LogP contribution in [0.15, 0.2) is 0 Å². The molecule has 134 valence electrons. The Morgan fingerprint density at radius 1 is 1.00 bits per heavy atom. The number of ketones is 1. The van der Waals surface area contributed by atoms with Crippen LogP contribution in [0.1, 0.15) is 33.6 Å². The van der Waals surface area contributed by atoms with Crippen LogP contribution in [0.3, 0.4) is 0 Å². The number of hydrogen-bond acceptors (Lipinski definition) is 5. The topological polar surface area (TPSA) is 36.0 Å². The lowest BCUT2D eigenvalue weighted by Gasteiger charge is -2.38. The Labute approximate surface area is 141 Å². The molecule has 0 aromatic heterocycles. The lowest BCUT2D eigenvalue weighted by Crippen LogP contribution is -2.49. The maximum Gasteiger partial charge on any atom is 0.143 e. The zero-order chi connectivity index (χ0) is 16.7. The summed E-state index contributed by atoms with van der Waals surface area (Å²) in [6, 6.07) is 0. The molecule has 0 radical (unpaired) electrons. The molecule has 23 heavy (non-hydrogen) atoms. The number of ether oxygens (including phenoxy) is 1. The standard InChI is InChI=1S/C18H35N3O2/c1-16(2)23-13-12-19-8-10-21(11-9-19)15-18-4-6-20(7-5-18)14-17(3)22/h16,18H,4-15H2,1-3H3. The number of likely N-dealkylation sites (tertiary alicyclic amines) is 1. The van der Waals surface area contributed by atoms with Crippen molar-refractivity contribution in [3.8, 4) is 0 Å². The average molecular weight is 325 g/mol. The first-order valence-electron chi connectivity index (χ1n) is 9.31. The third-order valence-corrected chi connectivity index (χ3v) is 4.99. The van der Waals surface area contributed by atoms with Gasteiger partial charge in [-0.05, 0) is 52.6 Å². The highest BCUT2D eigenvalue weighted by atomic mass is 16.5. The number of carbonyl (C=O) groups excluding carboxylic acids is 1. The average Bonchev–Trinajstić information content (AvgIpc) is 2.50. The molecule has 5 nitrogen and oxygen atoms in total. The van der Waals surface area contributed by atoms with Crippen LogP contribution in [0.4, 0.5) is 0 Å². The largest absolute Gasteiger partial charge is 0.377 e. The van der Waals surface area contributed by atoms with Crippen molar-refractivity contribution in [3.05, 3.63) is 0 Å². The van der Waals surface area contributed by atoms with Gasteiger partial charge in [0.15, 0.2) is 0 Å². The molecule has 2 saturated heterocycles. The summed E-state index contributed by atoms with van der Waals surface area (Å²) in [5.41, 5.74) is 0. The number of piperidine rings is 1. The second-order valence-electron chi connectivity index (χ2n) is 7.48. The molecule has 0 unspecified atom stereocenters. The highest BCUT2D eigenvalue weighted by Crippen LogP contribution is 2.19. The fraction of sp³-hybridized carbons (Fsp3) is 0.944. The van der Waals surface area contributed by atoms with Gasteiger partial charge in [0.25, 0.3) is 0 Å². The van der Waals surface area contributed by atoms with Gasteiger partial charge >= 0.3 is 0 Å². The molecule has 2 heterocycles. The summed E-state index contributed by atoms with van der Waals surface area (Å²) in [6.07, 6.45) is 2.83. The Bertz CT molecular complexity index is 346. The van der Waals surface area contributed by atoms with Crippen LogP contribution in [0.25, 0.3) is 0 Å². The van der Waals surface area contributed by atoms with Gasteiger partial charge in [0.2, 0.25) is 0 Å². The van der Waals surface area contributed by atoms with Crippen molar-refractivity contribution in [1.82, 2.24) is 14.7 Å². The molecule has 2 fully saturated rings. The van der Waals surface area contributed by atoms with E-state index in [4.69, 9.17) is 4.74 Å². The molecule has 0 saturated carbocycles. The van der Waals surface area contributed by atoms with Gasteiger partial charge < -0.3 is 9.64 Å². The Morgan fingerprint density at radius 3 is 2.17 bits per heavy atom. The van der Waals surface area contributed by atoms with E-state index in [9.17, 15) is 4.79 Å². The lowest BCUT2D eigenvalue weighted by molar-refractivity contribution is -0.118. The second kappa shape index (κ2) is 9.72. The predicted octanol–water partition coefficient (Wildman–Crippen LogP) is 1.33. The van der Waals surface area contributed by atoms with Crippen molar-refractivity contribution in [1.29, 1.82) is 0 Å². The summed E-state index contributed by atoms with van der Waals surface area (Å²) in [5, 5.41) is 0. The highest BCUT2D eigenvalue weighted by molar-refractivity contribution is 5.77. The third kappa shape index (κ3) is 7.29. The van der Waals surface area contributed by atoms with Gasteiger partial charge in [-0.15, -0.1) is 0 Å². The Kier molecular flexibility index (Phi) is 7.96. The zero-order valence-electron chi connectivity index (χ0n) is 15.3. The summed E-state index contributed by atoms with van der Waals surface area (Å²) < 4.78 is 5.65. The summed E-state index contributed by atoms with van der Waals surface area (Å²) >= 11 is 0. The molecule has 0 aromatic carbocycles. The minimum Gasteiger partial charge on any atom is -0.377 e. The summed E-state index contributed by atoms with van der Waals surface area (Å²) in [5.74, 6) is 1.11. The maximum atomic E-state index is 11.2. The molecule has 0 bridgehead atoms. The zero-order valence-corrected chi connectivity index (χ0v) is 15.3. The molecule has 0 spiro atoms. The number of rotatable bonds is 8. The first-order chi connectivity index (χ1) is 11.0. The van der Waals surface area contributed by atoms with Gasteiger partial charge in [-0.1, -0.05) is 0 Å². The second-order valence-corrected chi connectivity index (χ2v) is 7.48. The number of hydrogen-bond donors (Lipinski definition) is 0. The highest BCUT2D eigenvalue weighted by Gasteiger charge is 2.24. The number of piperazine rings is 1. The third-order valence-electron chi connectivity index (χ3n) is 4.99. The van der Waals surface area contributed by atoms with E-state index >= 15 is 0 Å². The Morgan fingerprint density at radius 2 is 1.61 bits per heavy atom. The van der Waals surface area contributed by atoms with Crippen molar-refractivity contribution in [3.63, 3.8) is 0 Å². The molecule has 0 N–H and O–H groups in total. The van der Waals surface area contributed by atoms with E-state index in [1.54, 1.807) is 6.92 Å². The van der Waals surface area contributed by atoms with Crippen LogP contribution >= 0.6 is 0 Å². The summed E-state index contributed by atoms with van der Waals surface area (Å²) in [4.78, 5) is 18.7. The summed E-state index contributed by atoms with van der Waals surface area (Å²) in [7, 11) is 0. The van der Waals surface area contributed by atoms with Crippen molar-refractivity contribution in [2.24, 2.45) is 5.92 Å². The maximum absolute atomic E-state index is 11.2. The van der Waals surface area contributed by atoms with E-state index < -0.39 is 0 Å². The predicted molar refractivity (Wildman–Crippen MR) is 93.8 cm³/mol. The van der Waals surface area contributed by atoms with E-state index in [1.807, 2.05) is 0 Å². The van der Waals surface area contributed by atoms with Crippen LogP contribution in [-0.4, -0.2) is 92.1 Å². The van der Waals surface area contributed by atoms with Gasteiger partial charge in [-0.3, -0.25) is 14.6 Å². The molecule has 5 heteroatoms. The minimum atomic E-state index is 0.293. The van der Waals surface area contributed by atoms with Crippen LogP contribution in [-0.2, 0) is 9.53 Å². The number of carbonyl (C=O) groups is 1. The van der Waals surface area contributed by atoms with Crippen LogP contribution < -0.4 is 0 Å². The molecule has 2 rings (SSSR count). The number of nitrogens with zero attached hydrogens (tertiary/aromatic N) is 3. The molecular formula is C18H35N3O2. The molecule has 0 aliphatic carbocycles. The summed E-state index contributed by atoms with van der Waals surface area (Å²) in [6.45, 7) is 16.6.